The van der Waals surface area contributed by atoms with Crippen LogP contribution in [0.1, 0.15) is 0 Å². The van der Waals surface area contributed by atoms with Crippen molar-refractivity contribution in [2.45, 2.75) is 11.0 Å². The first-order valence-corrected chi connectivity index (χ1v) is 7.43. The van der Waals surface area contributed by atoms with Crippen LogP contribution in [0.25, 0.3) is 0 Å². The highest BCUT2D eigenvalue weighted by Gasteiger charge is 2.57. The van der Waals surface area contributed by atoms with Crippen LogP contribution in [0.4, 0.5) is 32.2 Å². The van der Waals surface area contributed by atoms with Gasteiger partial charge in [-0.2, -0.15) is 38.5 Å². The molecule has 0 N–H and O–H groups in total. The molecule has 21 heavy (non-hydrogen) atoms. The van der Waals surface area contributed by atoms with Crippen molar-refractivity contribution in [2.24, 2.45) is 0 Å². The number of sulfonamides is 1. The number of hydrogen-bond donors (Lipinski definition) is 0. The fourth-order valence-electron chi connectivity index (χ4n) is 0.961. The molecule has 0 radical (unpaired) electrons. The van der Waals surface area contributed by atoms with Crippen LogP contribution in [0.15, 0.2) is 18.3 Å². The van der Waals surface area contributed by atoms with Gasteiger partial charge in [-0.3, -0.25) is 0 Å². The zero-order valence-electron chi connectivity index (χ0n) is 9.31. The molecule has 0 spiro atoms. The van der Waals surface area contributed by atoms with Crippen LogP contribution < -0.4 is 3.71 Å². The van der Waals surface area contributed by atoms with Gasteiger partial charge < -0.3 is 0 Å². The van der Waals surface area contributed by atoms with E-state index in [9.17, 15) is 39.0 Å². The number of halogens is 7. The maximum atomic E-state index is 12.4. The summed E-state index contributed by atoms with van der Waals surface area (Å²) in [5, 5.41) is -0.180. The molecule has 120 valence electrons. The molecule has 1 aromatic rings. The normalized spacial score (nSPS) is 14.8. The molecule has 0 aromatic carbocycles. The highest BCUT2D eigenvalue weighted by Crippen LogP contribution is 2.35. The summed E-state index contributed by atoms with van der Waals surface area (Å²) in [4.78, 5) is 3.01. The van der Waals surface area contributed by atoms with Crippen LogP contribution in [0, 0.1) is 0 Å². The average molecular weight is 377 g/mol. The predicted octanol–water partition coefficient (Wildman–Crippen LogP) is 2.57. The van der Waals surface area contributed by atoms with Crippen molar-refractivity contribution in [3.8, 4) is 0 Å². The molecular weight excluding hydrogens is 374 g/mol. The molecule has 0 saturated carbocycles. The van der Waals surface area contributed by atoms with Gasteiger partial charge in [0.25, 0.3) is 0 Å². The van der Waals surface area contributed by atoms with Crippen LogP contribution in [0.5, 0.6) is 0 Å². The van der Waals surface area contributed by atoms with Gasteiger partial charge in [0.2, 0.25) is 11.0 Å². The second kappa shape index (κ2) is 5.61. The minimum Gasteiger partial charge on any atom is -0.236 e. The maximum Gasteiger partial charge on any atom is 0.517 e. The maximum absolute atomic E-state index is 12.4. The molecule has 1 atom stereocenters. The van der Waals surface area contributed by atoms with Gasteiger partial charge in [0, 0.05) is 6.20 Å². The topological polar surface area (TPSA) is 67.3 Å². The lowest BCUT2D eigenvalue weighted by molar-refractivity contribution is -0.0443. The molecule has 0 aliphatic rings. The summed E-state index contributed by atoms with van der Waals surface area (Å²) < 4.78 is 106. The van der Waals surface area contributed by atoms with E-state index in [4.69, 9.17) is 11.6 Å². The zero-order valence-corrected chi connectivity index (χ0v) is 11.7. The summed E-state index contributed by atoms with van der Waals surface area (Å²) in [6.45, 7) is 0. The SMILES string of the molecule is O=S(N(c1ccc(Cl)cn1)S(=O)(=O)C(F)(F)F)C(F)(F)F. The van der Waals surface area contributed by atoms with Crippen molar-refractivity contribution in [3.63, 3.8) is 0 Å². The number of hydrogen-bond acceptors (Lipinski definition) is 4. The summed E-state index contributed by atoms with van der Waals surface area (Å²) in [5.41, 5.74) is -11.9. The number of rotatable bonds is 3. The van der Waals surface area contributed by atoms with Crippen molar-refractivity contribution >= 4 is 38.4 Å². The van der Waals surface area contributed by atoms with Gasteiger partial charge in [0.15, 0.2) is 5.82 Å². The Balaban J connectivity index is 3.53. The van der Waals surface area contributed by atoms with E-state index in [0.29, 0.717) is 12.3 Å². The van der Waals surface area contributed by atoms with Gasteiger partial charge in [-0.1, -0.05) is 11.6 Å². The number of nitrogens with zero attached hydrogens (tertiary/aromatic N) is 2. The van der Waals surface area contributed by atoms with E-state index >= 15 is 0 Å². The highest BCUT2D eigenvalue weighted by atomic mass is 35.5. The van der Waals surface area contributed by atoms with Crippen LogP contribution >= 0.6 is 11.6 Å². The standard InChI is InChI=1S/C7H3ClF6N2O3S2/c8-4-1-2-5(15-3-4)16(20(17)6(9,10)11)21(18,19)7(12,13)14/h1-3H. The molecule has 1 heterocycles. The van der Waals surface area contributed by atoms with Gasteiger partial charge in [-0.05, 0) is 12.1 Å². The Morgan fingerprint density at radius 2 is 1.67 bits per heavy atom. The summed E-state index contributed by atoms with van der Waals surface area (Å²) in [6, 6.07) is 1.24. The van der Waals surface area contributed by atoms with E-state index < -0.39 is 41.6 Å². The molecule has 0 bridgehead atoms. The second-order valence-corrected chi connectivity index (χ2v) is 6.98. The van der Waals surface area contributed by atoms with Crippen molar-refractivity contribution in [1.82, 2.24) is 4.98 Å². The smallest absolute Gasteiger partial charge is 0.236 e. The Morgan fingerprint density at radius 1 is 1.14 bits per heavy atom. The van der Waals surface area contributed by atoms with Crippen LogP contribution in [-0.2, 0) is 21.0 Å². The Hall–Kier alpha value is -1.08. The zero-order chi connectivity index (χ0) is 16.6. The van der Waals surface area contributed by atoms with E-state index in [1.54, 1.807) is 0 Å². The summed E-state index contributed by atoms with van der Waals surface area (Å²) in [7, 11) is -11.1. The quantitative estimate of drug-likeness (QED) is 0.760. The van der Waals surface area contributed by atoms with Gasteiger partial charge in [0.05, 0.1) is 5.02 Å². The van der Waals surface area contributed by atoms with Crippen LogP contribution in [0.3, 0.4) is 0 Å². The molecule has 1 aromatic heterocycles. The molecule has 1 rings (SSSR count). The van der Waals surface area contributed by atoms with Gasteiger partial charge >= 0.3 is 21.0 Å². The molecule has 0 aliphatic carbocycles. The molecule has 5 nitrogen and oxygen atoms in total. The number of pyridine rings is 1. The van der Waals surface area contributed by atoms with Crippen LogP contribution in [-0.4, -0.2) is 28.6 Å². The van der Waals surface area contributed by atoms with E-state index in [1.165, 1.54) is 0 Å². The Morgan fingerprint density at radius 3 is 2.00 bits per heavy atom. The van der Waals surface area contributed by atoms with Gasteiger partial charge in [0.1, 0.15) is 0 Å². The molecule has 14 heteroatoms. The molecule has 0 aliphatic heterocycles. The lowest BCUT2D eigenvalue weighted by atomic mass is 10.5. The lowest BCUT2D eigenvalue weighted by Gasteiger charge is -2.23. The predicted molar refractivity (Wildman–Crippen MR) is 60.9 cm³/mol. The van der Waals surface area contributed by atoms with Crippen molar-refractivity contribution in [2.75, 3.05) is 3.71 Å². The first kappa shape index (κ1) is 18.0. The fraction of sp³-hybridized carbons (Fsp3) is 0.286. The summed E-state index contributed by atoms with van der Waals surface area (Å²) >= 11 is 5.34. The fourth-order valence-corrected chi connectivity index (χ4v) is 3.30. The molecule has 1 unspecified atom stereocenters. The largest absolute Gasteiger partial charge is 0.517 e. The third kappa shape index (κ3) is 3.77. The third-order valence-electron chi connectivity index (χ3n) is 1.76. The second-order valence-electron chi connectivity index (χ2n) is 3.21. The van der Waals surface area contributed by atoms with Gasteiger partial charge in [-0.15, -0.1) is 0 Å². The minimum absolute atomic E-state index is 0.180. The minimum atomic E-state index is -6.58. The molecule has 0 fully saturated rings. The Labute approximate surface area is 121 Å². The lowest BCUT2D eigenvalue weighted by Crippen LogP contribution is -2.46. The van der Waals surface area contributed by atoms with E-state index in [2.05, 4.69) is 4.98 Å². The van der Waals surface area contributed by atoms with Gasteiger partial charge in [-0.25, -0.2) is 9.19 Å². The van der Waals surface area contributed by atoms with E-state index in [1.807, 2.05) is 0 Å². The monoisotopic (exact) mass is 376 g/mol. The van der Waals surface area contributed by atoms with Crippen molar-refractivity contribution in [1.29, 1.82) is 0 Å². The highest BCUT2D eigenvalue weighted by molar-refractivity contribution is 8.08. The summed E-state index contributed by atoms with van der Waals surface area (Å²) in [5.74, 6) is -1.34. The van der Waals surface area contributed by atoms with Crippen LogP contribution in [0.2, 0.25) is 5.02 Å². The summed E-state index contributed by atoms with van der Waals surface area (Å²) in [6.07, 6.45) is 0.601. The Bertz CT molecular complexity index is 642. The first-order chi connectivity index (χ1) is 9.28. The number of alkyl halides is 6. The average Bonchev–Trinajstić information content (AvgIpc) is 2.29. The Kier molecular flexibility index (Phi) is 4.80. The van der Waals surface area contributed by atoms with Crippen molar-refractivity contribution < 1.29 is 39.0 Å². The molecular formula is C7H3ClF6N2O3S2. The first-order valence-electron chi connectivity index (χ1n) is 4.50. The molecule has 0 saturated heterocycles. The van der Waals surface area contributed by atoms with Crippen molar-refractivity contribution in [3.05, 3.63) is 23.4 Å². The van der Waals surface area contributed by atoms with E-state index in [0.717, 1.165) is 6.07 Å². The number of anilines is 1. The number of aromatic nitrogens is 1. The third-order valence-corrected chi connectivity index (χ3v) is 5.07. The van der Waals surface area contributed by atoms with E-state index in [-0.39, 0.29) is 5.02 Å². The molecule has 0 amide bonds.